The van der Waals surface area contributed by atoms with Crippen molar-refractivity contribution in [2.75, 3.05) is 24.5 Å². The molecule has 1 aliphatic heterocycles. The number of carbonyl (C=O) groups is 1. The van der Waals surface area contributed by atoms with Gasteiger partial charge in [-0.25, -0.2) is 8.42 Å². The highest BCUT2D eigenvalue weighted by Gasteiger charge is 2.41. The molecular formula is C21H30N2O3S. The van der Waals surface area contributed by atoms with Crippen molar-refractivity contribution in [3.05, 3.63) is 23.8 Å². The van der Waals surface area contributed by atoms with Crippen LogP contribution in [0.5, 0.6) is 0 Å². The molecule has 0 radical (unpaired) electrons. The van der Waals surface area contributed by atoms with Crippen LogP contribution in [0.15, 0.2) is 23.1 Å². The van der Waals surface area contributed by atoms with Gasteiger partial charge in [-0.1, -0.05) is 20.3 Å². The van der Waals surface area contributed by atoms with E-state index in [-0.39, 0.29) is 5.91 Å². The largest absolute Gasteiger partial charge is 0.312 e. The zero-order chi connectivity index (χ0) is 19.2. The molecule has 3 aliphatic rings. The summed E-state index contributed by atoms with van der Waals surface area (Å²) < 4.78 is 27.0. The highest BCUT2D eigenvalue weighted by atomic mass is 32.2. The summed E-state index contributed by atoms with van der Waals surface area (Å²) in [4.78, 5) is 15.1. The molecule has 0 saturated heterocycles. The third-order valence-electron chi connectivity index (χ3n) is 6.91. The van der Waals surface area contributed by atoms with Crippen LogP contribution in [0.2, 0.25) is 0 Å². The Kier molecular flexibility index (Phi) is 5.06. The molecule has 0 spiro atoms. The number of benzene rings is 1. The fraction of sp³-hybridized carbons (Fsp3) is 0.667. The predicted molar refractivity (Wildman–Crippen MR) is 106 cm³/mol. The Labute approximate surface area is 162 Å². The molecule has 1 aromatic carbocycles. The van der Waals surface area contributed by atoms with Crippen LogP contribution in [0.4, 0.5) is 5.69 Å². The van der Waals surface area contributed by atoms with E-state index in [2.05, 4.69) is 0 Å². The minimum atomic E-state index is -3.46. The molecule has 0 N–H and O–H groups in total. The normalized spacial score (nSPS) is 26.8. The smallest absolute Gasteiger partial charge is 0.243 e. The van der Waals surface area contributed by atoms with E-state index < -0.39 is 10.0 Å². The number of rotatable bonds is 6. The van der Waals surface area contributed by atoms with Crippen molar-refractivity contribution in [1.29, 1.82) is 0 Å². The summed E-state index contributed by atoms with van der Waals surface area (Å²) in [5, 5.41) is 0. The van der Waals surface area contributed by atoms with Gasteiger partial charge in [-0.2, -0.15) is 4.31 Å². The van der Waals surface area contributed by atoms with Gasteiger partial charge < -0.3 is 4.90 Å². The summed E-state index contributed by atoms with van der Waals surface area (Å²) in [5.74, 6) is 2.38. The maximum atomic E-state index is 12.9. The third-order valence-corrected chi connectivity index (χ3v) is 8.96. The molecule has 2 saturated carbocycles. The standard InChI is InChI=1S/C21H30N2O3S/c1-3-22(4-2)27(25,26)19-7-8-20-17(13-19)9-10-23(20)21(24)14-18-12-15-5-6-16(18)11-15/h7-8,13,15-16,18H,3-6,9-12,14H2,1-2H3. The Morgan fingerprint density at radius 2 is 1.96 bits per heavy atom. The van der Waals surface area contributed by atoms with Crippen LogP contribution in [-0.2, 0) is 21.2 Å². The zero-order valence-corrected chi connectivity index (χ0v) is 17.2. The first-order chi connectivity index (χ1) is 12.9. The number of fused-ring (bicyclic) bond motifs is 3. The molecule has 27 heavy (non-hydrogen) atoms. The summed E-state index contributed by atoms with van der Waals surface area (Å²) in [6.07, 6.45) is 6.58. The van der Waals surface area contributed by atoms with Crippen LogP contribution >= 0.6 is 0 Å². The van der Waals surface area contributed by atoms with Crippen LogP contribution in [0, 0.1) is 17.8 Å². The molecule has 1 amide bonds. The molecule has 0 aromatic heterocycles. The van der Waals surface area contributed by atoms with Gasteiger partial charge in [0.1, 0.15) is 0 Å². The first kappa shape index (κ1) is 18.9. The quantitative estimate of drug-likeness (QED) is 0.748. The topological polar surface area (TPSA) is 57.7 Å². The predicted octanol–water partition coefficient (Wildman–Crippen LogP) is 3.43. The minimum Gasteiger partial charge on any atom is -0.312 e. The van der Waals surface area contributed by atoms with Crippen molar-refractivity contribution in [3.8, 4) is 0 Å². The lowest BCUT2D eigenvalue weighted by molar-refractivity contribution is -0.119. The average Bonchev–Trinajstić information content (AvgIpc) is 3.37. The van der Waals surface area contributed by atoms with Crippen LogP contribution in [0.3, 0.4) is 0 Å². The second-order valence-electron chi connectivity index (χ2n) is 8.31. The molecule has 3 unspecified atom stereocenters. The van der Waals surface area contributed by atoms with E-state index in [1.54, 1.807) is 12.1 Å². The maximum Gasteiger partial charge on any atom is 0.243 e. The zero-order valence-electron chi connectivity index (χ0n) is 16.4. The van der Waals surface area contributed by atoms with Crippen LogP contribution in [-0.4, -0.2) is 38.3 Å². The number of carbonyl (C=O) groups excluding carboxylic acids is 1. The number of nitrogens with zero attached hydrogens (tertiary/aromatic N) is 2. The van der Waals surface area contributed by atoms with Gasteiger partial charge in [0.15, 0.2) is 0 Å². The molecule has 6 heteroatoms. The fourth-order valence-electron chi connectivity index (χ4n) is 5.47. The van der Waals surface area contributed by atoms with Gasteiger partial charge >= 0.3 is 0 Å². The molecule has 2 fully saturated rings. The first-order valence-corrected chi connectivity index (χ1v) is 11.8. The number of hydrogen-bond donors (Lipinski definition) is 0. The van der Waals surface area contributed by atoms with E-state index in [1.807, 2.05) is 24.8 Å². The van der Waals surface area contributed by atoms with Crippen molar-refractivity contribution in [3.63, 3.8) is 0 Å². The molecule has 5 nitrogen and oxygen atoms in total. The highest BCUT2D eigenvalue weighted by Crippen LogP contribution is 2.50. The van der Waals surface area contributed by atoms with Crippen molar-refractivity contribution < 1.29 is 13.2 Å². The summed E-state index contributed by atoms with van der Waals surface area (Å²) >= 11 is 0. The van der Waals surface area contributed by atoms with E-state index in [0.29, 0.717) is 36.9 Å². The van der Waals surface area contributed by atoms with Gasteiger partial charge in [0.05, 0.1) is 4.90 Å². The monoisotopic (exact) mass is 390 g/mol. The van der Waals surface area contributed by atoms with E-state index in [0.717, 1.165) is 29.5 Å². The van der Waals surface area contributed by atoms with Crippen LogP contribution in [0.25, 0.3) is 0 Å². The highest BCUT2D eigenvalue weighted by molar-refractivity contribution is 7.89. The van der Waals surface area contributed by atoms with Gasteiger partial charge in [-0.05, 0) is 67.2 Å². The Bertz CT molecular complexity index is 832. The Morgan fingerprint density at radius 1 is 1.19 bits per heavy atom. The van der Waals surface area contributed by atoms with Crippen LogP contribution < -0.4 is 4.90 Å². The number of hydrogen-bond acceptors (Lipinski definition) is 3. The molecule has 2 bridgehead atoms. The van der Waals surface area contributed by atoms with E-state index in [9.17, 15) is 13.2 Å². The molecule has 148 valence electrons. The molecule has 1 heterocycles. The summed E-state index contributed by atoms with van der Waals surface area (Å²) in [7, 11) is -3.46. The van der Waals surface area contributed by atoms with Gasteiger partial charge in [0.25, 0.3) is 0 Å². The Balaban J connectivity index is 1.50. The van der Waals surface area contributed by atoms with Crippen LogP contribution in [0.1, 0.15) is 51.5 Å². The van der Waals surface area contributed by atoms with Crippen molar-refractivity contribution >= 4 is 21.6 Å². The molecule has 3 atom stereocenters. The van der Waals surface area contributed by atoms with Gasteiger partial charge in [-0.15, -0.1) is 0 Å². The van der Waals surface area contributed by atoms with Crippen molar-refractivity contribution in [2.45, 2.75) is 57.3 Å². The minimum absolute atomic E-state index is 0.214. The SMILES string of the molecule is CCN(CC)S(=O)(=O)c1ccc2c(c1)CCN2C(=O)CC1CC2CCC1C2. The van der Waals surface area contributed by atoms with Crippen molar-refractivity contribution in [2.24, 2.45) is 17.8 Å². The molecular weight excluding hydrogens is 360 g/mol. The van der Waals surface area contributed by atoms with Crippen molar-refractivity contribution in [1.82, 2.24) is 4.31 Å². The third kappa shape index (κ3) is 3.31. The van der Waals surface area contributed by atoms with E-state index >= 15 is 0 Å². The lowest BCUT2D eigenvalue weighted by Crippen LogP contribution is -2.32. The first-order valence-electron chi connectivity index (χ1n) is 10.4. The summed E-state index contributed by atoms with van der Waals surface area (Å²) in [5.41, 5.74) is 1.88. The van der Waals surface area contributed by atoms with E-state index in [1.165, 1.54) is 30.0 Å². The lowest BCUT2D eigenvalue weighted by Gasteiger charge is -2.25. The van der Waals surface area contributed by atoms with Gasteiger partial charge in [0.2, 0.25) is 15.9 Å². The van der Waals surface area contributed by atoms with Gasteiger partial charge in [0, 0.05) is 31.7 Å². The lowest BCUT2D eigenvalue weighted by atomic mass is 9.86. The second-order valence-corrected chi connectivity index (χ2v) is 10.3. The summed E-state index contributed by atoms with van der Waals surface area (Å²) in [6, 6.07) is 5.26. The number of sulfonamides is 1. The number of anilines is 1. The average molecular weight is 391 g/mol. The second kappa shape index (κ2) is 7.21. The summed E-state index contributed by atoms with van der Waals surface area (Å²) in [6.45, 7) is 5.30. The fourth-order valence-corrected chi connectivity index (χ4v) is 6.98. The Hall–Kier alpha value is -1.40. The number of amides is 1. The molecule has 1 aromatic rings. The molecule has 2 aliphatic carbocycles. The Morgan fingerprint density at radius 3 is 2.59 bits per heavy atom. The maximum absolute atomic E-state index is 12.9. The van der Waals surface area contributed by atoms with Gasteiger partial charge in [-0.3, -0.25) is 4.79 Å². The van der Waals surface area contributed by atoms with E-state index in [4.69, 9.17) is 0 Å². The molecule has 4 rings (SSSR count).